The van der Waals surface area contributed by atoms with Gasteiger partial charge in [-0.3, -0.25) is 4.90 Å². The largest absolute Gasteiger partial charge is 0.416 e. The minimum atomic E-state index is -4.32. The number of likely N-dealkylation sites (tertiary alicyclic amines) is 1. The van der Waals surface area contributed by atoms with Crippen LogP contribution < -0.4 is 5.32 Å². The lowest BCUT2D eigenvalue weighted by molar-refractivity contribution is -0.137. The van der Waals surface area contributed by atoms with Crippen LogP contribution in [0.1, 0.15) is 35.7 Å². The normalized spacial score (nSPS) is 20.9. The van der Waals surface area contributed by atoms with Gasteiger partial charge in [-0.25, -0.2) is 4.98 Å². The molecular weight excluding hydrogens is 381 g/mol. The SMILES string of the molecule is Cc1cc(NCC2CCCN(C)C2c2ccc(C(F)(F)F)cc2)n2ncnc2n1. The van der Waals surface area contributed by atoms with Crippen molar-refractivity contribution in [2.45, 2.75) is 32.0 Å². The van der Waals surface area contributed by atoms with Gasteiger partial charge in [-0.2, -0.15) is 27.8 Å². The van der Waals surface area contributed by atoms with E-state index in [0.717, 1.165) is 36.5 Å². The summed E-state index contributed by atoms with van der Waals surface area (Å²) in [5.41, 5.74) is 1.13. The van der Waals surface area contributed by atoms with Crippen LogP contribution in [-0.2, 0) is 6.18 Å². The van der Waals surface area contributed by atoms with Crippen LogP contribution in [0.5, 0.6) is 0 Å². The highest BCUT2D eigenvalue weighted by Gasteiger charge is 2.33. The van der Waals surface area contributed by atoms with Gasteiger partial charge in [0.05, 0.1) is 5.56 Å². The van der Waals surface area contributed by atoms with Gasteiger partial charge in [0, 0.05) is 24.3 Å². The van der Waals surface area contributed by atoms with Crippen LogP contribution in [0.2, 0.25) is 0 Å². The molecule has 9 heteroatoms. The molecule has 1 aromatic carbocycles. The summed E-state index contributed by atoms with van der Waals surface area (Å²) in [5.74, 6) is 1.59. The number of hydrogen-bond acceptors (Lipinski definition) is 5. The molecule has 3 aromatic rings. The van der Waals surface area contributed by atoms with Crippen LogP contribution in [0.25, 0.3) is 5.78 Å². The summed E-state index contributed by atoms with van der Waals surface area (Å²) in [6.07, 6.45) is -0.811. The predicted octanol–water partition coefficient (Wildman–Crippen LogP) is 3.95. The first-order valence-corrected chi connectivity index (χ1v) is 9.61. The number of anilines is 1. The lowest BCUT2D eigenvalue weighted by Gasteiger charge is -2.40. The number of aromatic nitrogens is 4. The van der Waals surface area contributed by atoms with Crippen LogP contribution in [0.15, 0.2) is 36.7 Å². The third kappa shape index (κ3) is 4.05. The van der Waals surface area contributed by atoms with E-state index < -0.39 is 11.7 Å². The maximum atomic E-state index is 12.9. The van der Waals surface area contributed by atoms with E-state index >= 15 is 0 Å². The van der Waals surface area contributed by atoms with Crippen molar-refractivity contribution in [3.8, 4) is 0 Å². The van der Waals surface area contributed by atoms with Crippen molar-refractivity contribution in [1.82, 2.24) is 24.5 Å². The van der Waals surface area contributed by atoms with Gasteiger partial charge in [0.2, 0.25) is 0 Å². The quantitative estimate of drug-likeness (QED) is 0.714. The molecule has 29 heavy (non-hydrogen) atoms. The summed E-state index contributed by atoms with van der Waals surface area (Å²) in [6, 6.07) is 7.53. The highest BCUT2D eigenvalue weighted by atomic mass is 19.4. The van der Waals surface area contributed by atoms with Crippen LogP contribution >= 0.6 is 0 Å². The van der Waals surface area contributed by atoms with E-state index in [1.165, 1.54) is 18.5 Å². The number of nitrogens with one attached hydrogen (secondary N) is 1. The van der Waals surface area contributed by atoms with Crippen molar-refractivity contribution < 1.29 is 13.2 Å². The second-order valence-electron chi connectivity index (χ2n) is 7.58. The fraction of sp³-hybridized carbons (Fsp3) is 0.450. The summed E-state index contributed by atoms with van der Waals surface area (Å²) in [7, 11) is 2.03. The second kappa shape index (κ2) is 7.62. The summed E-state index contributed by atoms with van der Waals surface area (Å²) in [6.45, 7) is 3.50. The van der Waals surface area contributed by atoms with E-state index in [4.69, 9.17) is 0 Å². The maximum Gasteiger partial charge on any atom is 0.416 e. The van der Waals surface area contributed by atoms with Crippen molar-refractivity contribution in [2.75, 3.05) is 25.5 Å². The number of rotatable bonds is 4. The first-order chi connectivity index (χ1) is 13.8. The third-order valence-electron chi connectivity index (χ3n) is 5.51. The Morgan fingerprint density at radius 2 is 1.97 bits per heavy atom. The van der Waals surface area contributed by atoms with Crippen molar-refractivity contribution in [3.63, 3.8) is 0 Å². The second-order valence-corrected chi connectivity index (χ2v) is 7.58. The highest BCUT2D eigenvalue weighted by Crippen LogP contribution is 2.37. The van der Waals surface area contributed by atoms with Crippen LogP contribution in [0.4, 0.5) is 19.0 Å². The van der Waals surface area contributed by atoms with Crippen LogP contribution in [-0.4, -0.2) is 44.6 Å². The van der Waals surface area contributed by atoms with E-state index in [0.29, 0.717) is 12.3 Å². The molecule has 1 aliphatic heterocycles. The molecule has 0 bridgehead atoms. The molecule has 4 rings (SSSR count). The first kappa shape index (κ1) is 19.6. The van der Waals surface area contributed by atoms with Gasteiger partial charge >= 0.3 is 6.18 Å². The Labute approximate surface area is 166 Å². The van der Waals surface area contributed by atoms with Crippen molar-refractivity contribution in [3.05, 3.63) is 53.5 Å². The van der Waals surface area contributed by atoms with Gasteiger partial charge in [0.25, 0.3) is 5.78 Å². The van der Waals surface area contributed by atoms with Crippen molar-refractivity contribution in [2.24, 2.45) is 5.92 Å². The Bertz CT molecular complexity index is 982. The van der Waals surface area contributed by atoms with Crippen LogP contribution in [0.3, 0.4) is 0 Å². The Kier molecular flexibility index (Phi) is 5.16. The lowest BCUT2D eigenvalue weighted by Crippen LogP contribution is -2.39. The summed E-state index contributed by atoms with van der Waals surface area (Å²) in [5, 5.41) is 7.67. The zero-order chi connectivity index (χ0) is 20.6. The average Bonchev–Trinajstić information content (AvgIpc) is 3.14. The molecule has 1 fully saturated rings. The molecule has 3 heterocycles. The number of hydrogen-bond donors (Lipinski definition) is 1. The monoisotopic (exact) mass is 404 g/mol. The van der Waals surface area contributed by atoms with Gasteiger partial charge in [-0.15, -0.1) is 0 Å². The molecule has 1 aliphatic rings. The Morgan fingerprint density at radius 3 is 2.69 bits per heavy atom. The zero-order valence-electron chi connectivity index (χ0n) is 16.3. The Hall–Kier alpha value is -2.68. The van der Waals surface area contributed by atoms with E-state index in [-0.39, 0.29) is 12.0 Å². The van der Waals surface area contributed by atoms with Gasteiger partial charge in [0.1, 0.15) is 12.1 Å². The zero-order valence-corrected chi connectivity index (χ0v) is 16.3. The van der Waals surface area contributed by atoms with Crippen molar-refractivity contribution >= 4 is 11.6 Å². The molecule has 0 amide bonds. The number of aryl methyl sites for hydroxylation is 1. The molecule has 0 aliphatic carbocycles. The summed E-state index contributed by atoms with van der Waals surface area (Å²) >= 11 is 0. The van der Waals surface area contributed by atoms with Gasteiger partial charge in [-0.1, -0.05) is 12.1 Å². The van der Waals surface area contributed by atoms with E-state index in [1.54, 1.807) is 16.6 Å². The number of alkyl halides is 3. The molecular formula is C20H23F3N6. The number of nitrogens with zero attached hydrogens (tertiary/aromatic N) is 5. The molecule has 6 nitrogen and oxygen atoms in total. The van der Waals surface area contributed by atoms with Crippen molar-refractivity contribution in [1.29, 1.82) is 0 Å². The van der Waals surface area contributed by atoms with Gasteiger partial charge < -0.3 is 5.32 Å². The van der Waals surface area contributed by atoms with Gasteiger partial charge in [-0.05, 0) is 57.0 Å². The fourth-order valence-corrected chi connectivity index (χ4v) is 4.16. The van der Waals surface area contributed by atoms with Crippen LogP contribution in [0, 0.1) is 12.8 Å². The number of halogens is 3. The molecule has 0 spiro atoms. The van der Waals surface area contributed by atoms with E-state index in [2.05, 4.69) is 25.3 Å². The molecule has 0 saturated carbocycles. The Morgan fingerprint density at radius 1 is 1.21 bits per heavy atom. The molecule has 2 atom stereocenters. The van der Waals surface area contributed by atoms with E-state index in [9.17, 15) is 13.2 Å². The fourth-order valence-electron chi connectivity index (χ4n) is 4.16. The van der Waals surface area contributed by atoms with E-state index in [1.807, 2.05) is 20.0 Å². The number of benzene rings is 1. The lowest BCUT2D eigenvalue weighted by atomic mass is 9.84. The molecule has 1 N–H and O–H groups in total. The first-order valence-electron chi connectivity index (χ1n) is 9.61. The Balaban J connectivity index is 1.56. The molecule has 2 aromatic heterocycles. The minimum absolute atomic E-state index is 0.0488. The standard InChI is InChI=1S/C20H23F3N6/c1-13-10-17(29-19(27-13)25-12-26-29)24-11-15-4-3-9-28(2)18(15)14-5-7-16(8-6-14)20(21,22)23/h5-8,10,12,15,18,24H,3-4,9,11H2,1-2H3. The molecule has 154 valence electrons. The van der Waals surface area contributed by atoms with Gasteiger partial charge in [0.15, 0.2) is 0 Å². The highest BCUT2D eigenvalue weighted by molar-refractivity contribution is 5.44. The smallest absolute Gasteiger partial charge is 0.370 e. The minimum Gasteiger partial charge on any atom is -0.370 e. The number of piperidine rings is 1. The maximum absolute atomic E-state index is 12.9. The average molecular weight is 404 g/mol. The summed E-state index contributed by atoms with van der Waals surface area (Å²) in [4.78, 5) is 10.7. The third-order valence-corrected chi connectivity index (χ3v) is 5.51. The topological polar surface area (TPSA) is 58.4 Å². The molecule has 0 radical (unpaired) electrons. The molecule has 2 unspecified atom stereocenters. The number of fused-ring (bicyclic) bond motifs is 1. The summed E-state index contributed by atoms with van der Waals surface area (Å²) < 4.78 is 40.4. The molecule has 1 saturated heterocycles. The predicted molar refractivity (Wildman–Crippen MR) is 104 cm³/mol.